The van der Waals surface area contributed by atoms with E-state index in [-0.39, 0.29) is 24.8 Å². The molecule has 2 aromatic heterocycles. The standard InChI is InChI=1S/C10H8N4.2ClH/c11-7-3-1-2-6-9(7)12-4-8-10(6)14-5-13-8;;/h1-5H,11H2,(H,13,14);2*1H. The lowest BCUT2D eigenvalue weighted by atomic mass is 10.2. The Hall–Kier alpha value is -1.52. The van der Waals surface area contributed by atoms with Crippen molar-refractivity contribution in [3.8, 4) is 0 Å². The SMILES string of the molecule is Cl.Cl.Nc1cccc2c1ncc1[nH]cnc12. The van der Waals surface area contributed by atoms with Gasteiger partial charge in [0.1, 0.15) is 0 Å². The molecule has 4 nitrogen and oxygen atoms in total. The highest BCUT2D eigenvalue weighted by Crippen LogP contribution is 2.24. The number of halogens is 2. The van der Waals surface area contributed by atoms with Crippen LogP contribution in [0.2, 0.25) is 0 Å². The summed E-state index contributed by atoms with van der Waals surface area (Å²) in [6.07, 6.45) is 3.41. The Balaban J connectivity index is 0.000000640. The van der Waals surface area contributed by atoms with E-state index in [4.69, 9.17) is 5.73 Å². The van der Waals surface area contributed by atoms with Gasteiger partial charge in [-0.2, -0.15) is 0 Å². The fraction of sp³-hybridized carbons (Fsp3) is 0. The predicted octanol–water partition coefficient (Wildman–Crippen LogP) is 2.54. The molecule has 3 aromatic rings. The van der Waals surface area contributed by atoms with Crippen molar-refractivity contribution in [1.82, 2.24) is 15.0 Å². The molecular formula is C10H10Cl2N4. The van der Waals surface area contributed by atoms with Crippen LogP contribution in [-0.4, -0.2) is 15.0 Å². The summed E-state index contributed by atoms with van der Waals surface area (Å²) < 4.78 is 0. The van der Waals surface area contributed by atoms with Crippen molar-refractivity contribution in [1.29, 1.82) is 0 Å². The number of nitrogens with zero attached hydrogens (tertiary/aromatic N) is 2. The molecule has 0 atom stereocenters. The molecule has 0 aliphatic carbocycles. The van der Waals surface area contributed by atoms with E-state index in [1.807, 2.05) is 18.2 Å². The van der Waals surface area contributed by atoms with E-state index in [1.54, 1.807) is 12.5 Å². The van der Waals surface area contributed by atoms with Gasteiger partial charge < -0.3 is 10.7 Å². The van der Waals surface area contributed by atoms with E-state index in [0.717, 1.165) is 21.9 Å². The molecule has 0 bridgehead atoms. The van der Waals surface area contributed by atoms with Crippen LogP contribution in [0, 0.1) is 0 Å². The second kappa shape index (κ2) is 4.55. The van der Waals surface area contributed by atoms with Crippen molar-refractivity contribution in [3.63, 3.8) is 0 Å². The number of H-pyrrole nitrogens is 1. The quantitative estimate of drug-likeness (QED) is 0.608. The molecule has 16 heavy (non-hydrogen) atoms. The predicted molar refractivity (Wildman–Crippen MR) is 70.3 cm³/mol. The maximum atomic E-state index is 5.82. The lowest BCUT2D eigenvalue weighted by molar-refractivity contribution is 1.34. The number of benzene rings is 1. The highest BCUT2D eigenvalue weighted by atomic mass is 35.5. The van der Waals surface area contributed by atoms with Crippen LogP contribution in [0.15, 0.2) is 30.7 Å². The van der Waals surface area contributed by atoms with Crippen molar-refractivity contribution in [2.75, 3.05) is 5.73 Å². The minimum absolute atomic E-state index is 0. The Morgan fingerprint density at radius 2 is 1.88 bits per heavy atom. The smallest absolute Gasteiger partial charge is 0.0993 e. The zero-order chi connectivity index (χ0) is 9.54. The molecule has 0 amide bonds. The molecule has 3 N–H and O–H groups in total. The van der Waals surface area contributed by atoms with Gasteiger partial charge in [0.2, 0.25) is 0 Å². The number of hydrogen-bond donors (Lipinski definition) is 2. The number of rotatable bonds is 0. The highest BCUT2D eigenvalue weighted by Gasteiger charge is 2.04. The van der Waals surface area contributed by atoms with E-state index >= 15 is 0 Å². The van der Waals surface area contributed by atoms with E-state index in [1.165, 1.54) is 0 Å². The lowest BCUT2D eigenvalue weighted by Crippen LogP contribution is -1.89. The zero-order valence-corrected chi connectivity index (χ0v) is 9.81. The van der Waals surface area contributed by atoms with Gasteiger partial charge >= 0.3 is 0 Å². The van der Waals surface area contributed by atoms with Crippen molar-refractivity contribution >= 4 is 52.4 Å². The molecule has 0 spiro atoms. The fourth-order valence-electron chi connectivity index (χ4n) is 1.64. The molecule has 0 aliphatic rings. The van der Waals surface area contributed by atoms with Gasteiger partial charge in [0, 0.05) is 5.39 Å². The second-order valence-electron chi connectivity index (χ2n) is 3.17. The Bertz CT molecular complexity index is 620. The third-order valence-corrected chi connectivity index (χ3v) is 2.31. The number of fused-ring (bicyclic) bond motifs is 3. The molecule has 0 aliphatic heterocycles. The number of nitrogens with one attached hydrogen (secondary N) is 1. The molecule has 1 aromatic carbocycles. The number of para-hydroxylation sites is 1. The van der Waals surface area contributed by atoms with Crippen LogP contribution in [0.3, 0.4) is 0 Å². The average molecular weight is 257 g/mol. The second-order valence-corrected chi connectivity index (χ2v) is 3.17. The first-order valence-electron chi connectivity index (χ1n) is 4.32. The minimum Gasteiger partial charge on any atom is -0.397 e. The Labute approximate surface area is 104 Å². The van der Waals surface area contributed by atoms with Crippen LogP contribution in [0.1, 0.15) is 0 Å². The number of nitrogens with two attached hydrogens (primary N) is 1. The van der Waals surface area contributed by atoms with E-state index < -0.39 is 0 Å². The molecular weight excluding hydrogens is 247 g/mol. The van der Waals surface area contributed by atoms with Crippen molar-refractivity contribution in [2.45, 2.75) is 0 Å². The third-order valence-electron chi connectivity index (χ3n) is 2.31. The first-order chi connectivity index (χ1) is 6.86. The van der Waals surface area contributed by atoms with Gasteiger partial charge in [-0.1, -0.05) is 12.1 Å². The van der Waals surface area contributed by atoms with Crippen molar-refractivity contribution < 1.29 is 0 Å². The first-order valence-corrected chi connectivity index (χ1v) is 4.32. The van der Waals surface area contributed by atoms with E-state index in [9.17, 15) is 0 Å². The normalized spacial score (nSPS) is 9.75. The van der Waals surface area contributed by atoms with Crippen LogP contribution < -0.4 is 5.73 Å². The molecule has 0 fully saturated rings. The summed E-state index contributed by atoms with van der Waals surface area (Å²) in [7, 11) is 0. The van der Waals surface area contributed by atoms with Gasteiger partial charge in [-0.3, -0.25) is 4.98 Å². The van der Waals surface area contributed by atoms with Crippen LogP contribution >= 0.6 is 24.8 Å². The molecule has 0 unspecified atom stereocenters. The van der Waals surface area contributed by atoms with Crippen LogP contribution in [0.25, 0.3) is 21.9 Å². The monoisotopic (exact) mass is 256 g/mol. The number of aromatic nitrogens is 3. The summed E-state index contributed by atoms with van der Waals surface area (Å²) >= 11 is 0. The maximum absolute atomic E-state index is 5.82. The number of imidazole rings is 1. The molecule has 0 saturated heterocycles. The number of anilines is 1. The Morgan fingerprint density at radius 3 is 2.69 bits per heavy atom. The summed E-state index contributed by atoms with van der Waals surface area (Å²) in [5.41, 5.74) is 9.17. The largest absolute Gasteiger partial charge is 0.397 e. The molecule has 2 heterocycles. The van der Waals surface area contributed by atoms with Crippen LogP contribution in [-0.2, 0) is 0 Å². The summed E-state index contributed by atoms with van der Waals surface area (Å²) in [4.78, 5) is 11.5. The van der Waals surface area contributed by atoms with Gasteiger partial charge in [-0.25, -0.2) is 4.98 Å². The number of pyridine rings is 1. The fourth-order valence-corrected chi connectivity index (χ4v) is 1.64. The summed E-state index contributed by atoms with van der Waals surface area (Å²) in [6.45, 7) is 0. The number of nitrogen functional groups attached to an aromatic ring is 1. The average Bonchev–Trinajstić information content (AvgIpc) is 2.66. The highest BCUT2D eigenvalue weighted by molar-refractivity contribution is 6.05. The minimum atomic E-state index is 0. The third kappa shape index (κ3) is 1.66. The maximum Gasteiger partial charge on any atom is 0.0993 e. The van der Waals surface area contributed by atoms with Gasteiger partial charge in [0.05, 0.1) is 34.8 Å². The van der Waals surface area contributed by atoms with E-state index in [0.29, 0.717) is 5.69 Å². The first kappa shape index (κ1) is 12.5. The van der Waals surface area contributed by atoms with Gasteiger partial charge in [-0.15, -0.1) is 24.8 Å². The molecule has 0 radical (unpaired) electrons. The lowest BCUT2D eigenvalue weighted by Gasteiger charge is -2.00. The van der Waals surface area contributed by atoms with Gasteiger partial charge in [0.15, 0.2) is 0 Å². The summed E-state index contributed by atoms with van der Waals surface area (Å²) in [5, 5.41) is 0.990. The molecule has 3 rings (SSSR count). The summed E-state index contributed by atoms with van der Waals surface area (Å²) in [6, 6.07) is 5.73. The van der Waals surface area contributed by atoms with Crippen LogP contribution in [0.4, 0.5) is 5.69 Å². The van der Waals surface area contributed by atoms with E-state index in [2.05, 4.69) is 15.0 Å². The van der Waals surface area contributed by atoms with Crippen molar-refractivity contribution in [2.24, 2.45) is 0 Å². The van der Waals surface area contributed by atoms with Crippen LogP contribution in [0.5, 0.6) is 0 Å². The van der Waals surface area contributed by atoms with Gasteiger partial charge in [0.25, 0.3) is 0 Å². The van der Waals surface area contributed by atoms with Gasteiger partial charge in [-0.05, 0) is 6.07 Å². The van der Waals surface area contributed by atoms with Crippen molar-refractivity contribution in [3.05, 3.63) is 30.7 Å². The Kier molecular flexibility index (Phi) is 3.57. The number of hydrogen-bond acceptors (Lipinski definition) is 3. The number of aromatic amines is 1. The summed E-state index contributed by atoms with van der Waals surface area (Å²) in [5.74, 6) is 0. The molecule has 84 valence electrons. The molecule has 6 heteroatoms. The zero-order valence-electron chi connectivity index (χ0n) is 8.18. The molecule has 0 saturated carbocycles. The topological polar surface area (TPSA) is 67.6 Å². The Morgan fingerprint density at radius 1 is 1.06 bits per heavy atom.